The first-order valence-electron chi connectivity index (χ1n) is 9.55. The third kappa shape index (κ3) is 5.69. The van der Waals surface area contributed by atoms with Crippen molar-refractivity contribution in [2.75, 3.05) is 17.2 Å². The Balaban J connectivity index is 1.60. The summed E-state index contributed by atoms with van der Waals surface area (Å²) in [4.78, 5) is 25.0. The van der Waals surface area contributed by atoms with Crippen LogP contribution < -0.4 is 16.0 Å². The van der Waals surface area contributed by atoms with Gasteiger partial charge in [-0.25, -0.2) is 0 Å². The second-order valence-corrected chi connectivity index (χ2v) is 6.93. The van der Waals surface area contributed by atoms with Crippen LogP contribution in [0.1, 0.15) is 27.0 Å². The van der Waals surface area contributed by atoms with E-state index in [1.807, 2.05) is 62.4 Å². The van der Waals surface area contributed by atoms with Crippen LogP contribution in [0.2, 0.25) is 0 Å². The molecule has 0 aliphatic heterocycles. The molecule has 3 rings (SSSR count). The molecule has 0 aliphatic rings. The van der Waals surface area contributed by atoms with Gasteiger partial charge in [-0.2, -0.15) is 0 Å². The molecule has 0 spiro atoms. The zero-order chi connectivity index (χ0) is 20.6. The largest absolute Gasteiger partial charge is 0.376 e. The molecule has 0 saturated heterocycles. The normalized spacial score (nSPS) is 10.3. The summed E-state index contributed by atoms with van der Waals surface area (Å²) in [5, 5.41) is 8.85. The molecule has 29 heavy (non-hydrogen) atoms. The Bertz CT molecular complexity index is 997. The van der Waals surface area contributed by atoms with E-state index >= 15 is 0 Å². The van der Waals surface area contributed by atoms with Crippen molar-refractivity contribution in [3.63, 3.8) is 0 Å². The Morgan fingerprint density at radius 1 is 0.793 bits per heavy atom. The number of carbonyl (C=O) groups excluding carboxylic acids is 2. The predicted molar refractivity (Wildman–Crippen MR) is 117 cm³/mol. The Morgan fingerprint density at radius 3 is 2.17 bits per heavy atom. The van der Waals surface area contributed by atoms with E-state index in [0.29, 0.717) is 17.8 Å². The molecule has 0 saturated carbocycles. The lowest BCUT2D eigenvalue weighted by Crippen LogP contribution is -2.26. The van der Waals surface area contributed by atoms with Crippen molar-refractivity contribution in [2.45, 2.75) is 20.4 Å². The number of para-hydroxylation sites is 2. The highest BCUT2D eigenvalue weighted by Gasteiger charge is 2.13. The molecule has 5 heteroatoms. The molecule has 3 aromatic carbocycles. The minimum atomic E-state index is -0.228. The molecule has 0 aliphatic carbocycles. The quantitative estimate of drug-likeness (QED) is 0.567. The Hall–Kier alpha value is -3.60. The van der Waals surface area contributed by atoms with Crippen LogP contribution >= 0.6 is 0 Å². The van der Waals surface area contributed by atoms with E-state index in [2.05, 4.69) is 16.0 Å². The maximum Gasteiger partial charge on any atom is 0.253 e. The molecular formula is C24H25N3O2. The van der Waals surface area contributed by atoms with Crippen LogP contribution in [-0.4, -0.2) is 18.4 Å². The van der Waals surface area contributed by atoms with Crippen LogP contribution in [-0.2, 0) is 11.3 Å². The summed E-state index contributed by atoms with van der Waals surface area (Å²) >= 11 is 0. The van der Waals surface area contributed by atoms with E-state index in [1.54, 1.807) is 24.3 Å². The zero-order valence-corrected chi connectivity index (χ0v) is 16.7. The van der Waals surface area contributed by atoms with Gasteiger partial charge >= 0.3 is 0 Å². The smallest absolute Gasteiger partial charge is 0.253 e. The first kappa shape index (κ1) is 20.1. The average molecular weight is 387 g/mol. The molecule has 0 bridgehead atoms. The van der Waals surface area contributed by atoms with Crippen LogP contribution in [0.5, 0.6) is 0 Å². The van der Waals surface area contributed by atoms with Crippen molar-refractivity contribution >= 4 is 23.2 Å². The van der Waals surface area contributed by atoms with E-state index in [0.717, 1.165) is 16.8 Å². The topological polar surface area (TPSA) is 70.2 Å². The molecule has 5 nitrogen and oxygen atoms in total. The van der Waals surface area contributed by atoms with Gasteiger partial charge < -0.3 is 16.0 Å². The van der Waals surface area contributed by atoms with Gasteiger partial charge in [0.25, 0.3) is 5.91 Å². The van der Waals surface area contributed by atoms with E-state index in [9.17, 15) is 9.59 Å². The molecule has 3 N–H and O–H groups in total. The van der Waals surface area contributed by atoms with Gasteiger partial charge in [-0.05, 0) is 43.2 Å². The summed E-state index contributed by atoms with van der Waals surface area (Å²) in [5.74, 6) is -0.444. The van der Waals surface area contributed by atoms with Gasteiger partial charge in [0.1, 0.15) is 0 Å². The Kier molecular flexibility index (Phi) is 6.63. The first-order valence-corrected chi connectivity index (χ1v) is 9.55. The lowest BCUT2D eigenvalue weighted by molar-refractivity contribution is -0.114. The van der Waals surface area contributed by atoms with Crippen molar-refractivity contribution in [2.24, 2.45) is 0 Å². The molecule has 0 radical (unpaired) electrons. The van der Waals surface area contributed by atoms with E-state index in [4.69, 9.17) is 0 Å². The fourth-order valence-electron chi connectivity index (χ4n) is 2.91. The highest BCUT2D eigenvalue weighted by Crippen LogP contribution is 2.16. The third-order valence-corrected chi connectivity index (χ3v) is 4.60. The minimum absolute atomic E-state index is 0.115. The van der Waals surface area contributed by atoms with Gasteiger partial charge in [-0.1, -0.05) is 60.2 Å². The van der Waals surface area contributed by atoms with Crippen molar-refractivity contribution in [3.05, 3.63) is 95.1 Å². The zero-order valence-electron chi connectivity index (χ0n) is 16.7. The summed E-state index contributed by atoms with van der Waals surface area (Å²) in [7, 11) is 0. The minimum Gasteiger partial charge on any atom is -0.376 e. The number of amides is 2. The van der Waals surface area contributed by atoms with E-state index in [1.165, 1.54) is 5.56 Å². The van der Waals surface area contributed by atoms with Gasteiger partial charge in [0.05, 0.1) is 17.8 Å². The van der Waals surface area contributed by atoms with Gasteiger partial charge in [-0.3, -0.25) is 9.59 Å². The lowest BCUT2D eigenvalue weighted by Gasteiger charge is -2.13. The molecule has 0 unspecified atom stereocenters. The summed E-state index contributed by atoms with van der Waals surface area (Å²) < 4.78 is 0. The Morgan fingerprint density at radius 2 is 1.45 bits per heavy atom. The van der Waals surface area contributed by atoms with Crippen molar-refractivity contribution in [1.82, 2.24) is 5.32 Å². The summed E-state index contributed by atoms with van der Waals surface area (Å²) in [6, 6.07) is 22.8. The molecule has 3 aromatic rings. The number of anilines is 2. The molecule has 0 heterocycles. The highest BCUT2D eigenvalue weighted by molar-refractivity contribution is 6.04. The molecule has 148 valence electrons. The fourth-order valence-corrected chi connectivity index (χ4v) is 2.91. The Labute approximate surface area is 171 Å². The van der Waals surface area contributed by atoms with Gasteiger partial charge in [0.15, 0.2) is 0 Å². The number of hydrogen-bond donors (Lipinski definition) is 3. The summed E-state index contributed by atoms with van der Waals surface area (Å²) in [6.45, 7) is 4.55. The maximum atomic E-state index is 12.6. The molecular weight excluding hydrogens is 362 g/mol. The van der Waals surface area contributed by atoms with Gasteiger partial charge in [-0.15, -0.1) is 0 Å². The number of aryl methyl sites for hydroxylation is 2. The third-order valence-electron chi connectivity index (χ3n) is 4.60. The maximum absolute atomic E-state index is 12.6. The number of nitrogens with one attached hydrogen (secondary N) is 3. The molecule has 2 amide bonds. The van der Waals surface area contributed by atoms with E-state index < -0.39 is 0 Å². The van der Waals surface area contributed by atoms with Crippen LogP contribution in [0.3, 0.4) is 0 Å². The van der Waals surface area contributed by atoms with Gasteiger partial charge in [0, 0.05) is 12.2 Å². The van der Waals surface area contributed by atoms with Gasteiger partial charge in [0.2, 0.25) is 5.91 Å². The van der Waals surface area contributed by atoms with Crippen LogP contribution in [0.25, 0.3) is 0 Å². The SMILES string of the molecule is Cc1ccc(CNC(=O)c2ccccc2NC(=O)CNc2ccccc2C)cc1. The monoisotopic (exact) mass is 387 g/mol. The van der Waals surface area contributed by atoms with Crippen LogP contribution in [0.15, 0.2) is 72.8 Å². The van der Waals surface area contributed by atoms with Crippen molar-refractivity contribution < 1.29 is 9.59 Å². The number of hydrogen-bond acceptors (Lipinski definition) is 3. The lowest BCUT2D eigenvalue weighted by atomic mass is 10.1. The van der Waals surface area contributed by atoms with E-state index in [-0.39, 0.29) is 18.4 Å². The van der Waals surface area contributed by atoms with Crippen molar-refractivity contribution in [3.8, 4) is 0 Å². The highest BCUT2D eigenvalue weighted by atomic mass is 16.2. The fraction of sp³-hybridized carbons (Fsp3) is 0.167. The average Bonchev–Trinajstić information content (AvgIpc) is 2.73. The second-order valence-electron chi connectivity index (χ2n) is 6.93. The van der Waals surface area contributed by atoms with Crippen LogP contribution in [0.4, 0.5) is 11.4 Å². The molecule has 0 aromatic heterocycles. The van der Waals surface area contributed by atoms with Crippen LogP contribution in [0, 0.1) is 13.8 Å². The molecule has 0 fully saturated rings. The first-order chi connectivity index (χ1) is 14.0. The molecule has 0 atom stereocenters. The standard InChI is InChI=1S/C24H25N3O2/c1-17-11-13-19(14-12-17)15-26-24(29)20-8-4-6-10-22(20)27-23(28)16-25-21-9-5-3-7-18(21)2/h3-14,25H,15-16H2,1-2H3,(H,26,29)(H,27,28). The predicted octanol–water partition coefficient (Wildman–Crippen LogP) is 4.28. The summed E-state index contributed by atoms with van der Waals surface area (Å²) in [5.41, 5.74) is 5.10. The van der Waals surface area contributed by atoms with Crippen molar-refractivity contribution in [1.29, 1.82) is 0 Å². The summed E-state index contributed by atoms with van der Waals surface area (Å²) in [6.07, 6.45) is 0. The number of benzene rings is 3. The number of rotatable bonds is 7. The second kappa shape index (κ2) is 9.55. The number of carbonyl (C=O) groups is 2.